The number of benzene rings is 1. The molecule has 1 unspecified atom stereocenters. The molecule has 1 rings (SSSR count). The van der Waals surface area contributed by atoms with Crippen molar-refractivity contribution in [2.45, 2.75) is 26.3 Å². The highest BCUT2D eigenvalue weighted by molar-refractivity contribution is 6.32. The van der Waals surface area contributed by atoms with Crippen LogP contribution in [0, 0.1) is 0 Å². The number of ether oxygens (including phenoxy) is 1. The molecule has 0 saturated heterocycles. The summed E-state index contributed by atoms with van der Waals surface area (Å²) < 4.78 is 5.35. The standard InChI is InChI=1S/C12H19ClN2O/c1-3-16-12-5-4-10(8-11(12)13)15-7-6-9(2)14/h4-5,8-9,15H,3,6-7,14H2,1-2H3. The van der Waals surface area contributed by atoms with E-state index < -0.39 is 0 Å². The Morgan fingerprint density at radius 3 is 2.81 bits per heavy atom. The van der Waals surface area contributed by atoms with Gasteiger partial charge in [0.15, 0.2) is 0 Å². The van der Waals surface area contributed by atoms with Gasteiger partial charge in [-0.05, 0) is 38.5 Å². The number of halogens is 1. The first-order valence-electron chi connectivity index (χ1n) is 5.55. The van der Waals surface area contributed by atoms with Crippen LogP contribution in [-0.2, 0) is 0 Å². The van der Waals surface area contributed by atoms with Gasteiger partial charge in [-0.3, -0.25) is 0 Å². The lowest BCUT2D eigenvalue weighted by atomic mass is 10.2. The van der Waals surface area contributed by atoms with Crippen molar-refractivity contribution in [3.63, 3.8) is 0 Å². The van der Waals surface area contributed by atoms with Crippen LogP contribution in [0.3, 0.4) is 0 Å². The molecule has 0 saturated carbocycles. The van der Waals surface area contributed by atoms with Gasteiger partial charge in [0, 0.05) is 18.3 Å². The molecule has 0 radical (unpaired) electrons. The second kappa shape index (κ2) is 6.61. The highest BCUT2D eigenvalue weighted by atomic mass is 35.5. The fraction of sp³-hybridized carbons (Fsp3) is 0.500. The first kappa shape index (κ1) is 13.1. The Labute approximate surface area is 102 Å². The molecule has 0 spiro atoms. The quantitative estimate of drug-likeness (QED) is 0.807. The van der Waals surface area contributed by atoms with Crippen LogP contribution in [-0.4, -0.2) is 19.2 Å². The molecular weight excluding hydrogens is 224 g/mol. The number of nitrogens with two attached hydrogens (primary N) is 1. The summed E-state index contributed by atoms with van der Waals surface area (Å²) in [7, 11) is 0. The van der Waals surface area contributed by atoms with E-state index in [1.165, 1.54) is 0 Å². The number of hydrogen-bond donors (Lipinski definition) is 2. The van der Waals surface area contributed by atoms with Crippen LogP contribution in [0.15, 0.2) is 18.2 Å². The molecule has 0 amide bonds. The van der Waals surface area contributed by atoms with Gasteiger partial charge in [-0.2, -0.15) is 0 Å². The van der Waals surface area contributed by atoms with Crippen LogP contribution in [0.25, 0.3) is 0 Å². The van der Waals surface area contributed by atoms with E-state index in [1.807, 2.05) is 32.0 Å². The summed E-state index contributed by atoms with van der Waals surface area (Å²) >= 11 is 6.06. The van der Waals surface area contributed by atoms with Crippen LogP contribution in [0.2, 0.25) is 5.02 Å². The first-order chi connectivity index (χ1) is 7.63. The fourth-order valence-corrected chi connectivity index (χ4v) is 1.56. The first-order valence-corrected chi connectivity index (χ1v) is 5.93. The Morgan fingerprint density at radius 1 is 1.50 bits per heavy atom. The predicted molar refractivity (Wildman–Crippen MR) is 69.4 cm³/mol. The molecule has 1 aromatic carbocycles. The van der Waals surface area contributed by atoms with Crippen molar-refractivity contribution in [3.05, 3.63) is 23.2 Å². The van der Waals surface area contributed by atoms with Crippen LogP contribution >= 0.6 is 11.6 Å². The van der Waals surface area contributed by atoms with Crippen molar-refractivity contribution in [1.82, 2.24) is 0 Å². The summed E-state index contributed by atoms with van der Waals surface area (Å²) in [5.74, 6) is 0.724. The van der Waals surface area contributed by atoms with Crippen LogP contribution in [0.5, 0.6) is 5.75 Å². The van der Waals surface area contributed by atoms with E-state index in [2.05, 4.69) is 5.32 Å². The maximum atomic E-state index is 6.06. The van der Waals surface area contributed by atoms with Gasteiger partial charge in [-0.1, -0.05) is 11.6 Å². The molecule has 0 bridgehead atoms. The van der Waals surface area contributed by atoms with Gasteiger partial charge in [0.05, 0.1) is 11.6 Å². The summed E-state index contributed by atoms with van der Waals surface area (Å²) in [5, 5.41) is 3.90. The molecule has 0 aliphatic rings. The largest absolute Gasteiger partial charge is 0.492 e. The molecule has 16 heavy (non-hydrogen) atoms. The third-order valence-corrected chi connectivity index (χ3v) is 2.46. The zero-order valence-corrected chi connectivity index (χ0v) is 10.6. The summed E-state index contributed by atoms with van der Waals surface area (Å²) in [4.78, 5) is 0. The zero-order chi connectivity index (χ0) is 12.0. The summed E-state index contributed by atoms with van der Waals surface area (Å²) in [6.45, 7) is 5.40. The third-order valence-electron chi connectivity index (χ3n) is 2.16. The Hall–Kier alpha value is -0.930. The van der Waals surface area contributed by atoms with Crippen LogP contribution in [0.4, 0.5) is 5.69 Å². The molecule has 1 atom stereocenters. The minimum absolute atomic E-state index is 0.214. The van der Waals surface area contributed by atoms with E-state index in [0.29, 0.717) is 11.6 Å². The van der Waals surface area contributed by atoms with Gasteiger partial charge in [0.25, 0.3) is 0 Å². The average molecular weight is 243 g/mol. The maximum absolute atomic E-state index is 6.06. The summed E-state index contributed by atoms with van der Waals surface area (Å²) in [6, 6.07) is 5.91. The molecule has 90 valence electrons. The second-order valence-electron chi connectivity index (χ2n) is 3.77. The van der Waals surface area contributed by atoms with Gasteiger partial charge >= 0.3 is 0 Å². The van der Waals surface area contributed by atoms with Gasteiger partial charge in [-0.15, -0.1) is 0 Å². The van der Waals surface area contributed by atoms with E-state index in [9.17, 15) is 0 Å². The highest BCUT2D eigenvalue weighted by Gasteiger charge is 2.02. The van der Waals surface area contributed by atoms with Crippen molar-refractivity contribution in [2.75, 3.05) is 18.5 Å². The van der Waals surface area contributed by atoms with Gasteiger partial charge in [-0.25, -0.2) is 0 Å². The normalized spacial score (nSPS) is 12.2. The number of hydrogen-bond acceptors (Lipinski definition) is 3. The van der Waals surface area contributed by atoms with E-state index in [-0.39, 0.29) is 6.04 Å². The number of nitrogens with one attached hydrogen (secondary N) is 1. The Kier molecular flexibility index (Phi) is 5.43. The smallest absolute Gasteiger partial charge is 0.138 e. The molecular formula is C12H19ClN2O. The molecule has 0 heterocycles. The van der Waals surface area contributed by atoms with Crippen LogP contribution in [0.1, 0.15) is 20.3 Å². The monoisotopic (exact) mass is 242 g/mol. The average Bonchev–Trinajstić information content (AvgIpc) is 2.21. The molecule has 4 heteroatoms. The molecule has 3 N–H and O–H groups in total. The molecule has 0 aliphatic heterocycles. The van der Waals surface area contributed by atoms with E-state index in [0.717, 1.165) is 24.4 Å². The zero-order valence-electron chi connectivity index (χ0n) is 9.79. The van der Waals surface area contributed by atoms with E-state index >= 15 is 0 Å². The lowest BCUT2D eigenvalue weighted by Crippen LogP contribution is -2.19. The van der Waals surface area contributed by atoms with E-state index in [1.54, 1.807) is 0 Å². The second-order valence-corrected chi connectivity index (χ2v) is 4.18. The number of rotatable bonds is 6. The topological polar surface area (TPSA) is 47.3 Å². The van der Waals surface area contributed by atoms with Gasteiger partial charge in [0.1, 0.15) is 5.75 Å². The molecule has 0 aromatic heterocycles. The van der Waals surface area contributed by atoms with Gasteiger partial charge < -0.3 is 15.8 Å². The van der Waals surface area contributed by atoms with Crippen molar-refractivity contribution in [3.8, 4) is 5.75 Å². The van der Waals surface area contributed by atoms with Crippen molar-refractivity contribution in [2.24, 2.45) is 5.73 Å². The predicted octanol–water partition coefficient (Wildman–Crippen LogP) is 2.89. The minimum atomic E-state index is 0.214. The van der Waals surface area contributed by atoms with E-state index in [4.69, 9.17) is 22.1 Å². The third kappa shape index (κ3) is 4.29. The SMILES string of the molecule is CCOc1ccc(NCCC(C)N)cc1Cl. The highest BCUT2D eigenvalue weighted by Crippen LogP contribution is 2.27. The Bertz CT molecular complexity index is 329. The lowest BCUT2D eigenvalue weighted by molar-refractivity contribution is 0.340. The molecule has 0 fully saturated rings. The lowest BCUT2D eigenvalue weighted by Gasteiger charge is -2.10. The van der Waals surface area contributed by atoms with Crippen LogP contribution < -0.4 is 15.8 Å². The molecule has 0 aliphatic carbocycles. The fourth-order valence-electron chi connectivity index (χ4n) is 1.33. The molecule has 3 nitrogen and oxygen atoms in total. The number of anilines is 1. The Balaban J connectivity index is 2.52. The summed E-state index contributed by atoms with van der Waals surface area (Å²) in [5.41, 5.74) is 6.66. The van der Waals surface area contributed by atoms with Crippen molar-refractivity contribution >= 4 is 17.3 Å². The minimum Gasteiger partial charge on any atom is -0.492 e. The summed E-state index contributed by atoms with van der Waals surface area (Å²) in [6.07, 6.45) is 0.935. The Morgan fingerprint density at radius 2 is 2.25 bits per heavy atom. The van der Waals surface area contributed by atoms with Crippen molar-refractivity contribution in [1.29, 1.82) is 0 Å². The molecule has 1 aromatic rings. The van der Waals surface area contributed by atoms with Gasteiger partial charge in [0.2, 0.25) is 0 Å². The maximum Gasteiger partial charge on any atom is 0.138 e. The van der Waals surface area contributed by atoms with Crippen molar-refractivity contribution < 1.29 is 4.74 Å².